The number of ether oxygens (including phenoxy) is 1. The highest BCUT2D eigenvalue weighted by atomic mass is 79.9. The molecule has 2 aromatic carbocycles. The van der Waals surface area contributed by atoms with E-state index in [2.05, 4.69) is 27.3 Å². The number of hydrogen-bond donors (Lipinski definition) is 2. The Bertz CT molecular complexity index is 698. The third kappa shape index (κ3) is 2.68. The molecule has 0 spiro atoms. The Morgan fingerprint density at radius 1 is 1.40 bits per heavy atom. The van der Waals surface area contributed by atoms with Crippen molar-refractivity contribution in [3.05, 3.63) is 46.2 Å². The first-order chi connectivity index (χ1) is 9.56. The normalized spacial score (nSPS) is 9.90. The molecular weight excluding hydrogens is 325 g/mol. The Morgan fingerprint density at radius 3 is 2.80 bits per heavy atom. The number of nitrogens with one attached hydrogen (secondary N) is 1. The van der Waals surface area contributed by atoms with Crippen LogP contribution >= 0.6 is 15.9 Å². The first-order valence-electron chi connectivity index (χ1n) is 5.65. The Labute approximate surface area is 124 Å². The average molecular weight is 336 g/mol. The van der Waals surface area contributed by atoms with E-state index in [-0.39, 0.29) is 10.2 Å². The van der Waals surface area contributed by atoms with E-state index < -0.39 is 5.82 Å². The number of nitrogens with zero attached hydrogens (tertiary/aromatic N) is 1. The summed E-state index contributed by atoms with van der Waals surface area (Å²) < 4.78 is 18.9. The summed E-state index contributed by atoms with van der Waals surface area (Å²) in [6.45, 7) is 0. The smallest absolute Gasteiger partial charge is 0.143 e. The van der Waals surface area contributed by atoms with Crippen molar-refractivity contribution in [1.82, 2.24) is 0 Å². The molecule has 0 aromatic heterocycles. The molecule has 0 aliphatic heterocycles. The third-order valence-corrected chi connectivity index (χ3v) is 3.33. The van der Waals surface area contributed by atoms with Crippen LogP contribution in [-0.4, -0.2) is 7.11 Å². The summed E-state index contributed by atoms with van der Waals surface area (Å²) in [6, 6.07) is 9.87. The molecule has 0 radical (unpaired) electrons. The Balaban J connectivity index is 2.50. The zero-order valence-corrected chi connectivity index (χ0v) is 12.2. The molecule has 20 heavy (non-hydrogen) atoms. The van der Waals surface area contributed by atoms with Crippen molar-refractivity contribution in [2.24, 2.45) is 0 Å². The predicted octanol–water partition coefficient (Wildman–Crippen LogP) is 3.79. The van der Waals surface area contributed by atoms with Gasteiger partial charge in [-0.3, -0.25) is 0 Å². The van der Waals surface area contributed by atoms with Crippen molar-refractivity contribution in [3.63, 3.8) is 0 Å². The van der Waals surface area contributed by atoms with Gasteiger partial charge in [0, 0.05) is 6.07 Å². The molecular formula is C14H11BrFN3O. The molecule has 2 rings (SSSR count). The van der Waals surface area contributed by atoms with Crippen molar-refractivity contribution in [3.8, 4) is 11.8 Å². The lowest BCUT2D eigenvalue weighted by molar-refractivity contribution is 0.416. The quantitative estimate of drug-likeness (QED) is 0.837. The predicted molar refractivity (Wildman–Crippen MR) is 79.5 cm³/mol. The molecule has 4 nitrogen and oxygen atoms in total. The van der Waals surface area contributed by atoms with Crippen molar-refractivity contribution in [2.45, 2.75) is 0 Å². The molecule has 0 atom stereocenters. The highest BCUT2D eigenvalue weighted by Crippen LogP contribution is 2.34. The topological polar surface area (TPSA) is 71.1 Å². The third-order valence-electron chi connectivity index (χ3n) is 2.72. The monoisotopic (exact) mass is 335 g/mol. The number of para-hydroxylation sites is 1. The molecule has 3 N–H and O–H groups in total. The van der Waals surface area contributed by atoms with Crippen LogP contribution in [0.2, 0.25) is 0 Å². The maximum absolute atomic E-state index is 13.4. The molecule has 6 heteroatoms. The van der Waals surface area contributed by atoms with Gasteiger partial charge in [0.15, 0.2) is 0 Å². The number of halogens is 2. The van der Waals surface area contributed by atoms with Gasteiger partial charge in [-0.05, 0) is 34.1 Å². The maximum Gasteiger partial charge on any atom is 0.143 e. The molecule has 0 aliphatic rings. The van der Waals surface area contributed by atoms with Crippen LogP contribution in [0.15, 0.2) is 34.8 Å². The summed E-state index contributed by atoms with van der Waals surface area (Å²) in [5.74, 6) is 0.0532. The van der Waals surface area contributed by atoms with Crippen LogP contribution in [0.4, 0.5) is 21.5 Å². The molecule has 0 saturated carbocycles. The number of rotatable bonds is 3. The first-order valence-corrected chi connectivity index (χ1v) is 6.44. The van der Waals surface area contributed by atoms with E-state index in [1.807, 2.05) is 0 Å². The lowest BCUT2D eigenvalue weighted by Gasteiger charge is -2.14. The van der Waals surface area contributed by atoms with Gasteiger partial charge in [0.1, 0.15) is 17.6 Å². The van der Waals surface area contributed by atoms with Crippen LogP contribution in [0.5, 0.6) is 5.75 Å². The molecule has 0 unspecified atom stereocenters. The van der Waals surface area contributed by atoms with Crippen LogP contribution in [0, 0.1) is 17.1 Å². The summed E-state index contributed by atoms with van der Waals surface area (Å²) in [6.07, 6.45) is 0. The van der Waals surface area contributed by atoms with Crippen LogP contribution in [0.3, 0.4) is 0 Å². The lowest BCUT2D eigenvalue weighted by Crippen LogP contribution is -2.01. The van der Waals surface area contributed by atoms with Gasteiger partial charge in [0.2, 0.25) is 0 Å². The second-order valence-corrected chi connectivity index (χ2v) is 4.83. The summed E-state index contributed by atoms with van der Waals surface area (Å²) in [5, 5.41) is 12.1. The Kier molecular flexibility index (Phi) is 4.11. The highest BCUT2D eigenvalue weighted by molar-refractivity contribution is 9.10. The van der Waals surface area contributed by atoms with E-state index in [1.165, 1.54) is 19.2 Å². The molecule has 0 heterocycles. The standard InChI is InChI=1S/C14H11BrFN3O/c1-20-13-4-2-3-8(7-17)14(13)19-12-5-9(15)10(16)6-11(12)18/h2-6,19H,18H2,1H3. The van der Waals surface area contributed by atoms with E-state index in [4.69, 9.17) is 15.7 Å². The second kappa shape index (κ2) is 5.80. The largest absolute Gasteiger partial charge is 0.495 e. The van der Waals surface area contributed by atoms with Crippen molar-refractivity contribution in [2.75, 3.05) is 18.2 Å². The van der Waals surface area contributed by atoms with E-state index in [1.54, 1.807) is 18.2 Å². The molecule has 0 aliphatic carbocycles. The molecule has 0 saturated heterocycles. The number of hydrogen-bond acceptors (Lipinski definition) is 4. The van der Waals surface area contributed by atoms with Crippen molar-refractivity contribution < 1.29 is 9.13 Å². The zero-order valence-electron chi connectivity index (χ0n) is 10.6. The van der Waals surface area contributed by atoms with Crippen LogP contribution in [0.1, 0.15) is 5.56 Å². The molecule has 0 bridgehead atoms. The van der Waals surface area contributed by atoms with Crippen molar-refractivity contribution >= 4 is 33.0 Å². The van der Waals surface area contributed by atoms with E-state index in [9.17, 15) is 4.39 Å². The molecule has 2 aromatic rings. The average Bonchev–Trinajstić information content (AvgIpc) is 2.44. The van der Waals surface area contributed by atoms with Crippen molar-refractivity contribution in [1.29, 1.82) is 5.26 Å². The van der Waals surface area contributed by atoms with Crippen LogP contribution in [0.25, 0.3) is 0 Å². The summed E-state index contributed by atoms with van der Waals surface area (Å²) in [5.41, 5.74) is 7.39. The van der Waals surface area contributed by atoms with E-state index in [0.717, 1.165) is 0 Å². The summed E-state index contributed by atoms with van der Waals surface area (Å²) in [4.78, 5) is 0. The minimum Gasteiger partial charge on any atom is -0.495 e. The fraction of sp³-hybridized carbons (Fsp3) is 0.0714. The number of anilines is 3. The number of benzene rings is 2. The van der Waals surface area contributed by atoms with E-state index in [0.29, 0.717) is 22.7 Å². The molecule has 102 valence electrons. The van der Waals surface area contributed by atoms with Crippen LogP contribution < -0.4 is 15.8 Å². The number of methoxy groups -OCH3 is 1. The summed E-state index contributed by atoms with van der Waals surface area (Å²) >= 11 is 3.10. The highest BCUT2D eigenvalue weighted by Gasteiger charge is 2.12. The van der Waals surface area contributed by atoms with Gasteiger partial charge >= 0.3 is 0 Å². The minimum atomic E-state index is -0.450. The van der Waals surface area contributed by atoms with Gasteiger partial charge in [-0.1, -0.05) is 6.07 Å². The minimum absolute atomic E-state index is 0.237. The fourth-order valence-electron chi connectivity index (χ4n) is 1.73. The number of nitrogens with two attached hydrogens (primary N) is 1. The molecule has 0 amide bonds. The SMILES string of the molecule is COc1cccc(C#N)c1Nc1cc(Br)c(F)cc1N. The number of nitriles is 1. The fourth-order valence-corrected chi connectivity index (χ4v) is 2.07. The first kappa shape index (κ1) is 14.2. The summed E-state index contributed by atoms with van der Waals surface area (Å²) in [7, 11) is 1.51. The van der Waals surface area contributed by atoms with Gasteiger partial charge in [0.05, 0.1) is 34.2 Å². The lowest BCUT2D eigenvalue weighted by atomic mass is 10.1. The van der Waals surface area contributed by atoms with Gasteiger partial charge < -0.3 is 15.8 Å². The van der Waals surface area contributed by atoms with E-state index >= 15 is 0 Å². The number of nitrogen functional groups attached to an aromatic ring is 1. The zero-order chi connectivity index (χ0) is 14.7. The van der Waals surface area contributed by atoms with Gasteiger partial charge in [-0.2, -0.15) is 5.26 Å². The second-order valence-electron chi connectivity index (χ2n) is 3.97. The Morgan fingerprint density at radius 2 is 2.15 bits per heavy atom. The van der Waals surface area contributed by atoms with Gasteiger partial charge in [-0.15, -0.1) is 0 Å². The molecule has 0 fully saturated rings. The van der Waals surface area contributed by atoms with Gasteiger partial charge in [-0.25, -0.2) is 4.39 Å². The van der Waals surface area contributed by atoms with Gasteiger partial charge in [0.25, 0.3) is 0 Å². The Hall–Kier alpha value is -2.26. The van der Waals surface area contributed by atoms with Crippen LogP contribution in [-0.2, 0) is 0 Å². The maximum atomic E-state index is 13.4.